The lowest BCUT2D eigenvalue weighted by Crippen LogP contribution is -1.80. The predicted molar refractivity (Wildman–Crippen MR) is 81.3 cm³/mol. The third-order valence-electron chi connectivity index (χ3n) is 3.18. The van der Waals surface area contributed by atoms with Crippen molar-refractivity contribution in [3.05, 3.63) is 60.2 Å². The van der Waals surface area contributed by atoms with Crippen LogP contribution >= 0.6 is 11.3 Å². The molecule has 0 spiro atoms. The number of hydrogen-bond donors (Lipinski definition) is 0. The van der Waals surface area contributed by atoms with Crippen molar-refractivity contribution < 1.29 is 0 Å². The Morgan fingerprint density at radius 3 is 2.56 bits per heavy atom. The summed E-state index contributed by atoms with van der Waals surface area (Å²) in [4.78, 5) is 1.36. The van der Waals surface area contributed by atoms with E-state index in [2.05, 4.69) is 61.5 Å². The van der Waals surface area contributed by atoms with E-state index in [9.17, 15) is 0 Å². The van der Waals surface area contributed by atoms with Gasteiger partial charge >= 0.3 is 0 Å². The molecule has 0 atom stereocenters. The molecule has 0 aliphatic heterocycles. The number of fused-ring (bicyclic) bond motifs is 1. The van der Waals surface area contributed by atoms with Gasteiger partial charge in [0.1, 0.15) is 0 Å². The summed E-state index contributed by atoms with van der Waals surface area (Å²) in [6, 6.07) is 19.8. The monoisotopic (exact) mass is 252 g/mol. The molecule has 0 nitrogen and oxygen atoms in total. The predicted octanol–water partition coefficient (Wildman–Crippen LogP) is 5.52. The highest BCUT2D eigenvalue weighted by Gasteiger charge is 2.04. The maximum Gasteiger partial charge on any atom is 0.0355 e. The average molecular weight is 252 g/mol. The molecule has 0 saturated heterocycles. The van der Waals surface area contributed by atoms with Crippen LogP contribution in [-0.4, -0.2) is 0 Å². The van der Waals surface area contributed by atoms with Gasteiger partial charge in [0.15, 0.2) is 0 Å². The molecule has 1 heterocycles. The van der Waals surface area contributed by atoms with Crippen LogP contribution in [0.1, 0.15) is 18.9 Å². The summed E-state index contributed by atoms with van der Waals surface area (Å²) in [7, 11) is 0. The average Bonchev–Trinajstić information content (AvgIpc) is 2.83. The van der Waals surface area contributed by atoms with Crippen molar-refractivity contribution in [2.75, 3.05) is 0 Å². The fourth-order valence-electron chi connectivity index (χ4n) is 2.26. The number of rotatable bonds is 3. The minimum absolute atomic E-state index is 1.18. The summed E-state index contributed by atoms with van der Waals surface area (Å²) >= 11 is 1.89. The molecule has 0 aliphatic carbocycles. The van der Waals surface area contributed by atoms with E-state index in [4.69, 9.17) is 0 Å². The quantitative estimate of drug-likeness (QED) is 0.575. The van der Waals surface area contributed by atoms with Crippen LogP contribution in [0.3, 0.4) is 0 Å². The molecule has 1 heteroatoms. The van der Waals surface area contributed by atoms with Crippen molar-refractivity contribution in [1.29, 1.82) is 0 Å². The van der Waals surface area contributed by atoms with Crippen LogP contribution in [0.5, 0.6) is 0 Å². The first-order valence-electron chi connectivity index (χ1n) is 6.44. The van der Waals surface area contributed by atoms with Gasteiger partial charge in [-0.15, -0.1) is 11.3 Å². The van der Waals surface area contributed by atoms with E-state index in [1.54, 1.807) is 0 Å². The standard InChI is InChI=1S/C17H16S/c1-2-6-13-9-10-15-12-17(18-16(15)11-13)14-7-4-3-5-8-14/h3-5,7-12H,2,6H2,1H3. The molecule has 3 aromatic rings. The summed E-state index contributed by atoms with van der Waals surface area (Å²) in [5.74, 6) is 0. The summed E-state index contributed by atoms with van der Waals surface area (Å²) in [5.41, 5.74) is 2.77. The smallest absolute Gasteiger partial charge is 0.0355 e. The Bertz CT molecular complexity index is 650. The number of benzene rings is 2. The van der Waals surface area contributed by atoms with Gasteiger partial charge in [-0.05, 0) is 35.1 Å². The molecule has 0 unspecified atom stereocenters. The number of thiophene rings is 1. The van der Waals surface area contributed by atoms with Crippen LogP contribution in [0.4, 0.5) is 0 Å². The minimum Gasteiger partial charge on any atom is -0.135 e. The molecule has 0 fully saturated rings. The van der Waals surface area contributed by atoms with Gasteiger partial charge in [-0.2, -0.15) is 0 Å². The third-order valence-corrected chi connectivity index (χ3v) is 4.33. The fourth-order valence-corrected chi connectivity index (χ4v) is 3.40. The van der Waals surface area contributed by atoms with E-state index in [-0.39, 0.29) is 0 Å². The molecule has 18 heavy (non-hydrogen) atoms. The Labute approximate surface area is 112 Å². The molecule has 0 bridgehead atoms. The van der Waals surface area contributed by atoms with Crippen LogP contribution in [0.15, 0.2) is 54.6 Å². The summed E-state index contributed by atoms with van der Waals surface area (Å²) < 4.78 is 1.40. The zero-order chi connectivity index (χ0) is 12.4. The number of hydrogen-bond acceptors (Lipinski definition) is 1. The molecule has 0 N–H and O–H groups in total. The van der Waals surface area contributed by atoms with E-state index >= 15 is 0 Å². The Hall–Kier alpha value is -1.60. The highest BCUT2D eigenvalue weighted by Crippen LogP contribution is 2.33. The van der Waals surface area contributed by atoms with Gasteiger partial charge < -0.3 is 0 Å². The second-order valence-corrected chi connectivity index (χ2v) is 5.68. The maximum atomic E-state index is 2.34. The van der Waals surface area contributed by atoms with Crippen molar-refractivity contribution in [2.45, 2.75) is 19.8 Å². The number of aryl methyl sites for hydroxylation is 1. The zero-order valence-electron chi connectivity index (χ0n) is 10.5. The highest BCUT2D eigenvalue weighted by atomic mass is 32.1. The SMILES string of the molecule is CCCc1ccc2cc(-c3ccccc3)sc2c1. The van der Waals surface area contributed by atoms with Crippen molar-refractivity contribution in [3.63, 3.8) is 0 Å². The Balaban J connectivity index is 2.06. The first-order chi connectivity index (χ1) is 8.86. The molecular weight excluding hydrogens is 236 g/mol. The summed E-state index contributed by atoms with van der Waals surface area (Å²) in [5, 5.41) is 1.36. The molecule has 0 amide bonds. The van der Waals surface area contributed by atoms with Crippen molar-refractivity contribution in [1.82, 2.24) is 0 Å². The first kappa shape index (κ1) is 11.5. The van der Waals surface area contributed by atoms with Gasteiger partial charge in [-0.1, -0.05) is 55.8 Å². The summed E-state index contributed by atoms with van der Waals surface area (Å²) in [6.45, 7) is 2.23. The molecule has 0 radical (unpaired) electrons. The van der Waals surface area contributed by atoms with Gasteiger partial charge in [0, 0.05) is 9.58 Å². The van der Waals surface area contributed by atoms with Crippen LogP contribution in [0.2, 0.25) is 0 Å². The molecule has 2 aromatic carbocycles. The van der Waals surface area contributed by atoms with Gasteiger partial charge in [0.25, 0.3) is 0 Å². The first-order valence-corrected chi connectivity index (χ1v) is 7.26. The second kappa shape index (κ2) is 4.95. The Kier molecular flexibility index (Phi) is 3.16. The van der Waals surface area contributed by atoms with E-state index in [0.717, 1.165) is 0 Å². The minimum atomic E-state index is 1.18. The van der Waals surface area contributed by atoms with Gasteiger partial charge in [-0.3, -0.25) is 0 Å². The van der Waals surface area contributed by atoms with Crippen LogP contribution in [0.25, 0.3) is 20.5 Å². The second-order valence-electron chi connectivity index (χ2n) is 4.60. The Morgan fingerprint density at radius 2 is 1.78 bits per heavy atom. The van der Waals surface area contributed by atoms with Crippen LogP contribution < -0.4 is 0 Å². The molecule has 3 rings (SSSR count). The van der Waals surface area contributed by atoms with Gasteiger partial charge in [0.2, 0.25) is 0 Å². The highest BCUT2D eigenvalue weighted by molar-refractivity contribution is 7.22. The van der Waals surface area contributed by atoms with Gasteiger partial charge in [0.05, 0.1) is 0 Å². The molecular formula is C17H16S. The van der Waals surface area contributed by atoms with Crippen molar-refractivity contribution in [2.24, 2.45) is 0 Å². The summed E-state index contributed by atoms with van der Waals surface area (Å²) in [6.07, 6.45) is 2.39. The topological polar surface area (TPSA) is 0 Å². The fraction of sp³-hybridized carbons (Fsp3) is 0.176. The van der Waals surface area contributed by atoms with Crippen LogP contribution in [0, 0.1) is 0 Å². The Morgan fingerprint density at radius 1 is 0.944 bits per heavy atom. The van der Waals surface area contributed by atoms with Crippen LogP contribution in [-0.2, 0) is 6.42 Å². The van der Waals surface area contributed by atoms with Crippen molar-refractivity contribution in [3.8, 4) is 10.4 Å². The van der Waals surface area contributed by atoms with E-state index in [1.807, 2.05) is 11.3 Å². The lowest BCUT2D eigenvalue weighted by atomic mass is 10.1. The van der Waals surface area contributed by atoms with E-state index in [0.29, 0.717) is 0 Å². The lowest BCUT2D eigenvalue weighted by molar-refractivity contribution is 0.924. The van der Waals surface area contributed by atoms with E-state index in [1.165, 1.54) is 38.9 Å². The van der Waals surface area contributed by atoms with Gasteiger partial charge in [-0.25, -0.2) is 0 Å². The molecule has 90 valence electrons. The maximum absolute atomic E-state index is 2.34. The third kappa shape index (κ3) is 2.19. The normalized spacial score (nSPS) is 10.9. The molecule has 0 saturated carbocycles. The lowest BCUT2D eigenvalue weighted by Gasteiger charge is -1.97. The molecule has 1 aromatic heterocycles. The molecule has 0 aliphatic rings. The zero-order valence-corrected chi connectivity index (χ0v) is 11.3. The van der Waals surface area contributed by atoms with E-state index < -0.39 is 0 Å². The van der Waals surface area contributed by atoms with Crippen molar-refractivity contribution >= 4 is 21.4 Å². The largest absolute Gasteiger partial charge is 0.135 e.